The Bertz CT molecular complexity index is 973. The minimum atomic E-state index is 0.900. The number of hydrogen-bond acceptors (Lipinski definition) is 2. The number of pyridine rings is 1. The molecular weight excluding hydrogens is 318 g/mol. The van der Waals surface area contributed by atoms with Gasteiger partial charge in [-0.05, 0) is 53.9 Å². The number of aromatic nitrogens is 2. The van der Waals surface area contributed by atoms with Crippen LogP contribution in [0.1, 0.15) is 16.7 Å². The van der Waals surface area contributed by atoms with E-state index in [4.69, 9.17) is 0 Å². The van der Waals surface area contributed by atoms with Crippen LogP contribution in [0.5, 0.6) is 0 Å². The molecule has 2 aromatic carbocycles. The third-order valence-corrected chi connectivity index (χ3v) is 4.61. The summed E-state index contributed by atoms with van der Waals surface area (Å²) in [4.78, 5) is 4.37. The van der Waals surface area contributed by atoms with Gasteiger partial charge < -0.3 is 9.88 Å². The standard InChI is InChI=1S/C23H23N3/c1-2-5-20(6-3-1)17-26-14-11-21(18-26)16-24-13-10-19-8-9-23-22(15-19)7-4-12-25-23/h1-9,11-12,14-15,18,24H,10,13,16-17H2. The van der Waals surface area contributed by atoms with E-state index >= 15 is 0 Å². The molecule has 0 radical (unpaired) electrons. The lowest BCUT2D eigenvalue weighted by atomic mass is 10.1. The van der Waals surface area contributed by atoms with Crippen LogP contribution in [0.4, 0.5) is 0 Å². The Morgan fingerprint density at radius 1 is 0.846 bits per heavy atom. The molecule has 0 saturated heterocycles. The highest BCUT2D eigenvalue weighted by molar-refractivity contribution is 5.78. The Labute approximate surface area is 154 Å². The number of rotatable bonds is 7. The SMILES string of the molecule is c1ccc(Cn2ccc(CNCCc3ccc4ncccc4c3)c2)cc1. The van der Waals surface area contributed by atoms with Crippen LogP contribution < -0.4 is 5.32 Å². The molecule has 2 heterocycles. The van der Waals surface area contributed by atoms with Crippen molar-refractivity contribution in [1.82, 2.24) is 14.9 Å². The fourth-order valence-electron chi connectivity index (χ4n) is 3.23. The van der Waals surface area contributed by atoms with Crippen molar-refractivity contribution in [2.75, 3.05) is 6.54 Å². The number of fused-ring (bicyclic) bond motifs is 1. The summed E-state index contributed by atoms with van der Waals surface area (Å²) in [7, 11) is 0. The van der Waals surface area contributed by atoms with Gasteiger partial charge in [0.15, 0.2) is 0 Å². The van der Waals surface area contributed by atoms with E-state index in [1.807, 2.05) is 12.3 Å². The van der Waals surface area contributed by atoms with Gasteiger partial charge in [0.2, 0.25) is 0 Å². The molecule has 0 aliphatic rings. The lowest BCUT2D eigenvalue weighted by Crippen LogP contribution is -2.16. The fourth-order valence-corrected chi connectivity index (χ4v) is 3.23. The highest BCUT2D eigenvalue weighted by Gasteiger charge is 2.00. The molecule has 0 bridgehead atoms. The molecule has 0 spiro atoms. The summed E-state index contributed by atoms with van der Waals surface area (Å²) < 4.78 is 2.24. The van der Waals surface area contributed by atoms with E-state index in [0.717, 1.165) is 31.6 Å². The Kier molecular flexibility index (Phi) is 5.08. The molecule has 0 atom stereocenters. The van der Waals surface area contributed by atoms with E-state index in [9.17, 15) is 0 Å². The molecule has 4 rings (SSSR count). The Hall–Kier alpha value is -2.91. The second-order valence-corrected chi connectivity index (χ2v) is 6.63. The van der Waals surface area contributed by atoms with Gasteiger partial charge in [-0.1, -0.05) is 42.5 Å². The summed E-state index contributed by atoms with van der Waals surface area (Å²) in [5, 5.41) is 4.76. The van der Waals surface area contributed by atoms with E-state index in [1.165, 1.54) is 22.1 Å². The van der Waals surface area contributed by atoms with Crippen LogP contribution in [0.25, 0.3) is 10.9 Å². The molecule has 2 aromatic heterocycles. The second-order valence-electron chi connectivity index (χ2n) is 6.63. The van der Waals surface area contributed by atoms with Gasteiger partial charge in [-0.15, -0.1) is 0 Å². The van der Waals surface area contributed by atoms with E-state index < -0.39 is 0 Å². The molecule has 0 unspecified atom stereocenters. The average Bonchev–Trinajstić information content (AvgIpc) is 3.13. The van der Waals surface area contributed by atoms with Crippen molar-refractivity contribution in [3.8, 4) is 0 Å². The highest BCUT2D eigenvalue weighted by atomic mass is 14.9. The smallest absolute Gasteiger partial charge is 0.0702 e. The molecule has 0 saturated carbocycles. The van der Waals surface area contributed by atoms with Crippen LogP contribution in [0.3, 0.4) is 0 Å². The van der Waals surface area contributed by atoms with Crippen molar-refractivity contribution in [1.29, 1.82) is 0 Å². The van der Waals surface area contributed by atoms with Crippen molar-refractivity contribution in [3.05, 3.63) is 102 Å². The van der Waals surface area contributed by atoms with Crippen LogP contribution in [-0.4, -0.2) is 16.1 Å². The van der Waals surface area contributed by atoms with E-state index in [-0.39, 0.29) is 0 Å². The molecule has 0 amide bonds. The topological polar surface area (TPSA) is 29.9 Å². The summed E-state index contributed by atoms with van der Waals surface area (Å²) in [5.74, 6) is 0. The quantitative estimate of drug-likeness (QED) is 0.504. The minimum Gasteiger partial charge on any atom is -0.350 e. The van der Waals surface area contributed by atoms with Crippen molar-refractivity contribution >= 4 is 10.9 Å². The number of nitrogens with one attached hydrogen (secondary N) is 1. The van der Waals surface area contributed by atoms with Gasteiger partial charge in [0.1, 0.15) is 0 Å². The summed E-state index contributed by atoms with van der Waals surface area (Å²) >= 11 is 0. The molecule has 0 fully saturated rings. The predicted octanol–water partition coefficient (Wildman–Crippen LogP) is 4.42. The maximum Gasteiger partial charge on any atom is 0.0702 e. The molecule has 3 heteroatoms. The van der Waals surface area contributed by atoms with E-state index in [2.05, 4.69) is 87.9 Å². The predicted molar refractivity (Wildman–Crippen MR) is 107 cm³/mol. The maximum atomic E-state index is 4.37. The third kappa shape index (κ3) is 4.19. The second kappa shape index (κ2) is 7.98. The Morgan fingerprint density at radius 2 is 1.77 bits per heavy atom. The van der Waals surface area contributed by atoms with Crippen molar-refractivity contribution in [3.63, 3.8) is 0 Å². The van der Waals surface area contributed by atoms with Crippen molar-refractivity contribution < 1.29 is 0 Å². The van der Waals surface area contributed by atoms with Crippen LogP contribution >= 0.6 is 0 Å². The van der Waals surface area contributed by atoms with E-state index in [1.54, 1.807) is 0 Å². The largest absolute Gasteiger partial charge is 0.350 e. The van der Waals surface area contributed by atoms with Crippen molar-refractivity contribution in [2.24, 2.45) is 0 Å². The zero-order valence-electron chi connectivity index (χ0n) is 14.8. The lowest BCUT2D eigenvalue weighted by molar-refractivity contribution is 0.684. The fraction of sp³-hybridized carbons (Fsp3) is 0.174. The molecule has 26 heavy (non-hydrogen) atoms. The molecule has 4 aromatic rings. The summed E-state index contributed by atoms with van der Waals surface area (Å²) in [6.07, 6.45) is 7.24. The first-order chi connectivity index (χ1) is 12.9. The van der Waals surface area contributed by atoms with Gasteiger partial charge >= 0.3 is 0 Å². The monoisotopic (exact) mass is 341 g/mol. The molecule has 1 N–H and O–H groups in total. The first kappa shape index (κ1) is 16.6. The van der Waals surface area contributed by atoms with Crippen LogP contribution in [-0.2, 0) is 19.5 Å². The normalized spacial score (nSPS) is 11.1. The lowest BCUT2D eigenvalue weighted by Gasteiger charge is -2.06. The highest BCUT2D eigenvalue weighted by Crippen LogP contribution is 2.13. The summed E-state index contributed by atoms with van der Waals surface area (Å²) in [6, 6.07) is 23.4. The molecular formula is C23H23N3. The van der Waals surface area contributed by atoms with Gasteiger partial charge in [0, 0.05) is 37.1 Å². The maximum absolute atomic E-state index is 4.37. The van der Waals surface area contributed by atoms with Gasteiger partial charge in [0.05, 0.1) is 5.52 Å². The number of benzene rings is 2. The first-order valence-electron chi connectivity index (χ1n) is 9.10. The van der Waals surface area contributed by atoms with Gasteiger partial charge in [-0.3, -0.25) is 4.98 Å². The zero-order chi connectivity index (χ0) is 17.6. The Balaban J connectivity index is 1.27. The summed E-state index contributed by atoms with van der Waals surface area (Å²) in [5.41, 5.74) is 5.06. The minimum absolute atomic E-state index is 0.900. The third-order valence-electron chi connectivity index (χ3n) is 4.61. The number of nitrogens with zero attached hydrogens (tertiary/aromatic N) is 2. The van der Waals surface area contributed by atoms with Crippen molar-refractivity contribution in [2.45, 2.75) is 19.5 Å². The van der Waals surface area contributed by atoms with Crippen LogP contribution in [0.15, 0.2) is 85.3 Å². The molecule has 0 aliphatic heterocycles. The average molecular weight is 341 g/mol. The van der Waals surface area contributed by atoms with Crippen LogP contribution in [0.2, 0.25) is 0 Å². The summed E-state index contributed by atoms with van der Waals surface area (Å²) in [6.45, 7) is 2.79. The molecule has 0 aliphatic carbocycles. The number of hydrogen-bond donors (Lipinski definition) is 1. The van der Waals surface area contributed by atoms with Crippen LogP contribution in [0, 0.1) is 0 Å². The molecule has 3 nitrogen and oxygen atoms in total. The molecule has 130 valence electrons. The van der Waals surface area contributed by atoms with Gasteiger partial charge in [0.25, 0.3) is 0 Å². The zero-order valence-corrected chi connectivity index (χ0v) is 14.8. The van der Waals surface area contributed by atoms with Gasteiger partial charge in [-0.2, -0.15) is 0 Å². The van der Waals surface area contributed by atoms with E-state index in [0.29, 0.717) is 0 Å². The first-order valence-corrected chi connectivity index (χ1v) is 9.10. The van der Waals surface area contributed by atoms with Gasteiger partial charge in [-0.25, -0.2) is 0 Å². The Morgan fingerprint density at radius 3 is 2.69 bits per heavy atom.